The van der Waals surface area contributed by atoms with E-state index in [-0.39, 0.29) is 11.7 Å². The third kappa shape index (κ3) is 1.19. The Morgan fingerprint density at radius 1 is 1.53 bits per heavy atom. The van der Waals surface area contributed by atoms with Crippen LogP contribution in [-0.4, -0.2) is 32.6 Å². The zero-order chi connectivity index (χ0) is 10.4. The fraction of sp³-hybridized carbons (Fsp3) is 0.333. The second-order valence-electron chi connectivity index (χ2n) is 3.78. The Balaban J connectivity index is 2.17. The van der Waals surface area contributed by atoms with Crippen molar-refractivity contribution in [2.45, 2.75) is 6.04 Å². The fourth-order valence-electron chi connectivity index (χ4n) is 1.97. The first-order chi connectivity index (χ1) is 7.25. The van der Waals surface area contributed by atoms with Crippen molar-refractivity contribution in [3.8, 4) is 0 Å². The normalized spacial score (nSPS) is 18.2. The van der Waals surface area contributed by atoms with E-state index in [2.05, 4.69) is 9.97 Å². The molecule has 1 aliphatic heterocycles. The number of hydrogen-bond donors (Lipinski definition) is 2. The highest BCUT2D eigenvalue weighted by Gasteiger charge is 2.28. The Bertz CT molecular complexity index is 551. The van der Waals surface area contributed by atoms with E-state index in [9.17, 15) is 4.79 Å². The molecule has 0 saturated carbocycles. The summed E-state index contributed by atoms with van der Waals surface area (Å²) in [6.45, 7) is 1.42. The number of nitrogens with one attached hydrogen (secondary N) is 1. The summed E-state index contributed by atoms with van der Waals surface area (Å²) in [4.78, 5) is 18.5. The van der Waals surface area contributed by atoms with Gasteiger partial charge in [-0.05, 0) is 12.1 Å². The molecule has 0 radical (unpaired) electrons. The minimum atomic E-state index is -0.109. The van der Waals surface area contributed by atoms with Crippen LogP contribution in [0.1, 0.15) is 6.04 Å². The van der Waals surface area contributed by atoms with Crippen molar-refractivity contribution in [3.63, 3.8) is 0 Å². The van der Waals surface area contributed by atoms with Crippen LogP contribution >= 0.6 is 0 Å². The second-order valence-corrected chi connectivity index (χ2v) is 3.78. The molecule has 1 aliphatic rings. The maximum absolute atomic E-state index is 11.7. The maximum atomic E-state index is 11.7. The van der Waals surface area contributed by atoms with Crippen molar-refractivity contribution in [1.82, 2.24) is 19.5 Å². The van der Waals surface area contributed by atoms with Gasteiger partial charge in [-0.15, -0.1) is 0 Å². The lowest BCUT2D eigenvalue weighted by Gasteiger charge is -2.35. The van der Waals surface area contributed by atoms with Crippen LogP contribution < -0.4 is 11.5 Å². The van der Waals surface area contributed by atoms with Crippen LogP contribution in [0.3, 0.4) is 0 Å². The molecular weight excluding hydrogens is 194 g/mol. The van der Waals surface area contributed by atoms with Gasteiger partial charge in [0.1, 0.15) is 0 Å². The Morgan fingerprint density at radius 2 is 2.33 bits per heavy atom. The molecule has 3 N–H and O–H groups in total. The number of nitrogens with zero attached hydrogens (tertiary/aromatic N) is 3. The van der Waals surface area contributed by atoms with Gasteiger partial charge in [0.15, 0.2) is 5.65 Å². The predicted octanol–water partition coefficient (Wildman–Crippen LogP) is -0.545. The molecule has 3 rings (SSSR count). The van der Waals surface area contributed by atoms with Crippen LogP contribution in [0.25, 0.3) is 11.2 Å². The molecule has 1 saturated heterocycles. The molecule has 78 valence electrons. The van der Waals surface area contributed by atoms with Crippen LogP contribution in [-0.2, 0) is 0 Å². The molecule has 0 amide bonds. The van der Waals surface area contributed by atoms with Gasteiger partial charge in [-0.25, -0.2) is 14.8 Å². The largest absolute Gasteiger partial charge is 0.328 e. The van der Waals surface area contributed by atoms with Crippen molar-refractivity contribution >= 4 is 11.2 Å². The van der Waals surface area contributed by atoms with E-state index >= 15 is 0 Å². The van der Waals surface area contributed by atoms with Crippen molar-refractivity contribution in [3.05, 3.63) is 28.8 Å². The van der Waals surface area contributed by atoms with Gasteiger partial charge in [-0.1, -0.05) is 0 Å². The number of hydrazine groups is 1. The van der Waals surface area contributed by atoms with E-state index in [1.807, 2.05) is 12.1 Å². The second kappa shape index (κ2) is 2.91. The molecule has 0 aliphatic carbocycles. The highest BCUT2D eigenvalue weighted by atomic mass is 16.1. The van der Waals surface area contributed by atoms with Crippen LogP contribution in [0.4, 0.5) is 0 Å². The summed E-state index contributed by atoms with van der Waals surface area (Å²) in [5, 5.41) is 1.69. The predicted molar refractivity (Wildman–Crippen MR) is 55.2 cm³/mol. The van der Waals surface area contributed by atoms with Crippen molar-refractivity contribution in [2.75, 3.05) is 13.1 Å². The molecule has 0 atom stereocenters. The summed E-state index contributed by atoms with van der Waals surface area (Å²) in [7, 11) is 0. The molecule has 0 unspecified atom stereocenters. The minimum absolute atomic E-state index is 0.109. The maximum Gasteiger partial charge on any atom is 0.328 e. The quantitative estimate of drug-likeness (QED) is 0.612. The molecular formula is C9H11N5O. The van der Waals surface area contributed by atoms with Crippen LogP contribution in [0.5, 0.6) is 0 Å². The first-order valence-corrected chi connectivity index (χ1v) is 4.80. The van der Waals surface area contributed by atoms with Crippen LogP contribution in [0.2, 0.25) is 0 Å². The van der Waals surface area contributed by atoms with E-state index in [0.717, 1.165) is 5.52 Å². The number of aromatic amines is 1. The third-order valence-corrected chi connectivity index (χ3v) is 2.75. The molecule has 15 heavy (non-hydrogen) atoms. The highest BCUT2D eigenvalue weighted by Crippen LogP contribution is 2.19. The van der Waals surface area contributed by atoms with E-state index in [4.69, 9.17) is 5.84 Å². The fourth-order valence-corrected chi connectivity index (χ4v) is 1.97. The topological polar surface area (TPSA) is 79.9 Å². The molecule has 1 fully saturated rings. The average Bonchev–Trinajstić information content (AvgIpc) is 2.49. The first-order valence-electron chi connectivity index (χ1n) is 4.80. The van der Waals surface area contributed by atoms with E-state index in [1.165, 1.54) is 0 Å². The highest BCUT2D eigenvalue weighted by molar-refractivity contribution is 5.70. The standard InChI is InChI=1S/C9H11N5O/c10-13-4-6(5-13)14-7-2-1-3-11-8(7)12-9(14)15/h1-3,6H,4-5,10H2,(H,11,12,15). The molecule has 0 spiro atoms. The Kier molecular flexibility index (Phi) is 1.68. The van der Waals surface area contributed by atoms with E-state index in [0.29, 0.717) is 18.7 Å². The van der Waals surface area contributed by atoms with E-state index in [1.54, 1.807) is 15.8 Å². The number of pyridine rings is 1. The molecule has 6 heteroatoms. The lowest BCUT2D eigenvalue weighted by atomic mass is 10.1. The van der Waals surface area contributed by atoms with Crippen LogP contribution in [0, 0.1) is 0 Å². The summed E-state index contributed by atoms with van der Waals surface area (Å²) in [5.41, 5.74) is 1.38. The van der Waals surface area contributed by atoms with Gasteiger partial charge in [0.05, 0.1) is 11.6 Å². The Hall–Kier alpha value is -1.66. The smallest absolute Gasteiger partial charge is 0.290 e. The lowest BCUT2D eigenvalue weighted by Crippen LogP contribution is -2.53. The molecule has 3 heterocycles. The number of rotatable bonds is 1. The summed E-state index contributed by atoms with van der Waals surface area (Å²) < 4.78 is 1.73. The van der Waals surface area contributed by atoms with Gasteiger partial charge < -0.3 is 0 Å². The zero-order valence-electron chi connectivity index (χ0n) is 8.05. The molecule has 2 aromatic rings. The summed E-state index contributed by atoms with van der Waals surface area (Å²) >= 11 is 0. The third-order valence-electron chi connectivity index (χ3n) is 2.75. The first kappa shape index (κ1) is 8.63. The van der Waals surface area contributed by atoms with Gasteiger partial charge in [0.2, 0.25) is 0 Å². The number of H-pyrrole nitrogens is 1. The number of imidazole rings is 1. The monoisotopic (exact) mass is 205 g/mol. The van der Waals surface area contributed by atoms with Gasteiger partial charge in [-0.2, -0.15) is 0 Å². The number of aromatic nitrogens is 3. The minimum Gasteiger partial charge on any atom is -0.290 e. The SMILES string of the molecule is NN1CC(n2c(=O)[nH]c3ncccc32)C1. The summed E-state index contributed by atoms with van der Waals surface area (Å²) in [6, 6.07) is 3.88. The Labute approximate surface area is 85.3 Å². The van der Waals surface area contributed by atoms with Gasteiger partial charge >= 0.3 is 5.69 Å². The zero-order valence-corrected chi connectivity index (χ0v) is 8.05. The Morgan fingerprint density at radius 3 is 3.07 bits per heavy atom. The number of hydrogen-bond acceptors (Lipinski definition) is 4. The van der Waals surface area contributed by atoms with Gasteiger partial charge in [-0.3, -0.25) is 15.4 Å². The lowest BCUT2D eigenvalue weighted by molar-refractivity contribution is 0.109. The molecule has 6 nitrogen and oxygen atoms in total. The molecule has 0 bridgehead atoms. The summed E-state index contributed by atoms with van der Waals surface area (Å²) in [6.07, 6.45) is 1.67. The van der Waals surface area contributed by atoms with Crippen LogP contribution in [0.15, 0.2) is 23.1 Å². The van der Waals surface area contributed by atoms with Gasteiger partial charge in [0, 0.05) is 19.3 Å². The van der Waals surface area contributed by atoms with Crippen molar-refractivity contribution < 1.29 is 0 Å². The van der Waals surface area contributed by atoms with Gasteiger partial charge in [0.25, 0.3) is 0 Å². The number of fused-ring (bicyclic) bond motifs is 1. The van der Waals surface area contributed by atoms with Crippen molar-refractivity contribution in [2.24, 2.45) is 5.84 Å². The molecule has 0 aromatic carbocycles. The number of nitrogens with two attached hydrogens (primary N) is 1. The molecule has 2 aromatic heterocycles. The average molecular weight is 205 g/mol. The summed E-state index contributed by atoms with van der Waals surface area (Å²) in [5.74, 6) is 5.56. The van der Waals surface area contributed by atoms with Crippen molar-refractivity contribution in [1.29, 1.82) is 0 Å². The van der Waals surface area contributed by atoms with E-state index < -0.39 is 0 Å².